The van der Waals surface area contributed by atoms with Crippen molar-refractivity contribution in [3.8, 4) is 0 Å². The fourth-order valence-electron chi connectivity index (χ4n) is 1.96. The van der Waals surface area contributed by atoms with Gasteiger partial charge in [0, 0.05) is 24.3 Å². The summed E-state index contributed by atoms with van der Waals surface area (Å²) in [5.41, 5.74) is 6.71. The van der Waals surface area contributed by atoms with Gasteiger partial charge in [-0.2, -0.15) is 5.10 Å². The van der Waals surface area contributed by atoms with Gasteiger partial charge in [0.25, 0.3) is 0 Å². The van der Waals surface area contributed by atoms with E-state index in [1.807, 2.05) is 16.9 Å². The van der Waals surface area contributed by atoms with E-state index in [0.29, 0.717) is 11.9 Å². The van der Waals surface area contributed by atoms with Crippen LogP contribution in [0.15, 0.2) is 18.5 Å². The van der Waals surface area contributed by atoms with Crippen molar-refractivity contribution in [3.63, 3.8) is 0 Å². The molecule has 2 aromatic rings. The van der Waals surface area contributed by atoms with E-state index in [9.17, 15) is 0 Å². The summed E-state index contributed by atoms with van der Waals surface area (Å²) in [6, 6.07) is 2.20. The van der Waals surface area contributed by atoms with Crippen LogP contribution in [0.2, 0.25) is 0 Å². The minimum Gasteiger partial charge on any atom is -0.384 e. The van der Waals surface area contributed by atoms with Crippen LogP contribution in [0.25, 0.3) is 10.9 Å². The normalized spacial score (nSPS) is 21.2. The Hall–Kier alpha value is -1.62. The predicted molar refractivity (Wildman–Crippen MR) is 56.4 cm³/mol. The quantitative estimate of drug-likeness (QED) is 0.751. The van der Waals surface area contributed by atoms with Gasteiger partial charge in [0.15, 0.2) is 0 Å². The zero-order valence-electron chi connectivity index (χ0n) is 8.26. The third-order valence-corrected chi connectivity index (χ3v) is 2.75. The Morgan fingerprint density at radius 3 is 3.20 bits per heavy atom. The van der Waals surface area contributed by atoms with Gasteiger partial charge in [0.2, 0.25) is 0 Å². The summed E-state index contributed by atoms with van der Waals surface area (Å²) in [4.78, 5) is 4.04. The van der Waals surface area contributed by atoms with Crippen molar-refractivity contribution in [2.75, 3.05) is 18.9 Å². The molecule has 0 spiro atoms. The lowest BCUT2D eigenvalue weighted by atomic mass is 10.2. The molecule has 1 atom stereocenters. The van der Waals surface area contributed by atoms with E-state index in [4.69, 9.17) is 10.5 Å². The van der Waals surface area contributed by atoms with Gasteiger partial charge in [-0.1, -0.05) is 0 Å². The molecule has 1 aliphatic rings. The summed E-state index contributed by atoms with van der Waals surface area (Å²) in [5.74, 6) is 0.531. The Morgan fingerprint density at radius 2 is 2.40 bits per heavy atom. The van der Waals surface area contributed by atoms with Crippen LogP contribution in [0.1, 0.15) is 12.5 Å². The van der Waals surface area contributed by atoms with Crippen molar-refractivity contribution in [1.29, 1.82) is 0 Å². The highest BCUT2D eigenvalue weighted by Crippen LogP contribution is 2.24. The molecule has 1 fully saturated rings. The van der Waals surface area contributed by atoms with Gasteiger partial charge < -0.3 is 10.5 Å². The van der Waals surface area contributed by atoms with Gasteiger partial charge in [-0.3, -0.25) is 4.68 Å². The Kier molecular flexibility index (Phi) is 1.85. The van der Waals surface area contributed by atoms with Crippen LogP contribution in [-0.4, -0.2) is 28.0 Å². The Morgan fingerprint density at radius 1 is 1.47 bits per heavy atom. The molecule has 0 aliphatic carbocycles. The first-order chi connectivity index (χ1) is 7.34. The fourth-order valence-corrected chi connectivity index (χ4v) is 1.96. The maximum Gasteiger partial charge on any atom is 0.125 e. The van der Waals surface area contributed by atoms with Gasteiger partial charge in [0.1, 0.15) is 5.82 Å². The summed E-state index contributed by atoms with van der Waals surface area (Å²) in [6.45, 7) is 1.55. The van der Waals surface area contributed by atoms with E-state index in [1.165, 1.54) is 0 Å². The van der Waals surface area contributed by atoms with Crippen LogP contribution in [0.4, 0.5) is 5.82 Å². The zero-order valence-corrected chi connectivity index (χ0v) is 8.26. The number of pyridine rings is 1. The SMILES string of the molecule is Nc1cc2c(cn1)cnn2C1CCOC1. The maximum atomic E-state index is 5.67. The molecule has 5 nitrogen and oxygen atoms in total. The number of nitrogen functional groups attached to an aromatic ring is 1. The van der Waals surface area contributed by atoms with Crippen molar-refractivity contribution in [3.05, 3.63) is 18.5 Å². The first kappa shape index (κ1) is 8.67. The molecule has 1 saturated heterocycles. The molecular formula is C10H12N4O. The lowest BCUT2D eigenvalue weighted by molar-refractivity contribution is 0.185. The molecular weight excluding hydrogens is 192 g/mol. The number of anilines is 1. The van der Waals surface area contributed by atoms with E-state index >= 15 is 0 Å². The third-order valence-electron chi connectivity index (χ3n) is 2.75. The maximum absolute atomic E-state index is 5.67. The number of hydrogen-bond donors (Lipinski definition) is 1. The number of fused-ring (bicyclic) bond motifs is 1. The topological polar surface area (TPSA) is 66.0 Å². The second kappa shape index (κ2) is 3.20. The summed E-state index contributed by atoms with van der Waals surface area (Å²) < 4.78 is 7.34. The van der Waals surface area contributed by atoms with Crippen LogP contribution in [0, 0.1) is 0 Å². The number of nitrogens with zero attached hydrogens (tertiary/aromatic N) is 3. The second-order valence-corrected chi connectivity index (χ2v) is 3.77. The number of nitrogens with two attached hydrogens (primary N) is 1. The van der Waals surface area contributed by atoms with E-state index < -0.39 is 0 Å². The molecule has 0 bridgehead atoms. The highest BCUT2D eigenvalue weighted by Gasteiger charge is 2.19. The molecule has 78 valence electrons. The third kappa shape index (κ3) is 1.35. The number of ether oxygens (including phenoxy) is 1. The van der Waals surface area contributed by atoms with Gasteiger partial charge in [-0.05, 0) is 6.42 Å². The molecule has 3 rings (SSSR count). The van der Waals surface area contributed by atoms with Gasteiger partial charge >= 0.3 is 0 Å². The predicted octanol–water partition coefficient (Wildman–Crippen LogP) is 0.975. The zero-order chi connectivity index (χ0) is 10.3. The smallest absolute Gasteiger partial charge is 0.125 e. The second-order valence-electron chi connectivity index (χ2n) is 3.77. The standard InChI is InChI=1S/C10H12N4O/c11-10-3-9-7(4-12-10)5-13-14(9)8-1-2-15-6-8/h3-5,8H,1-2,6H2,(H2,11,12). The molecule has 1 unspecified atom stereocenters. The van der Waals surface area contributed by atoms with Crippen molar-refractivity contribution < 1.29 is 4.74 Å². The molecule has 5 heteroatoms. The summed E-state index contributed by atoms with van der Waals surface area (Å²) >= 11 is 0. The Labute approximate surface area is 86.8 Å². The monoisotopic (exact) mass is 204 g/mol. The van der Waals surface area contributed by atoms with Gasteiger partial charge in [0.05, 0.1) is 24.4 Å². The summed E-state index contributed by atoms with van der Waals surface area (Å²) in [7, 11) is 0. The average Bonchev–Trinajstić information content (AvgIpc) is 2.83. The molecule has 2 N–H and O–H groups in total. The van der Waals surface area contributed by atoms with Gasteiger partial charge in [-0.25, -0.2) is 4.98 Å². The van der Waals surface area contributed by atoms with Crippen LogP contribution in [-0.2, 0) is 4.74 Å². The van der Waals surface area contributed by atoms with Crippen molar-refractivity contribution in [2.24, 2.45) is 0 Å². The fraction of sp³-hybridized carbons (Fsp3) is 0.400. The lowest BCUT2D eigenvalue weighted by Gasteiger charge is -2.09. The minimum absolute atomic E-state index is 0.337. The van der Waals surface area contributed by atoms with Crippen LogP contribution in [0.3, 0.4) is 0 Å². The van der Waals surface area contributed by atoms with E-state index in [2.05, 4.69) is 10.1 Å². The van der Waals surface area contributed by atoms with Crippen molar-refractivity contribution in [1.82, 2.24) is 14.8 Å². The van der Waals surface area contributed by atoms with Crippen molar-refractivity contribution in [2.45, 2.75) is 12.5 Å². The first-order valence-electron chi connectivity index (χ1n) is 5.01. The number of aromatic nitrogens is 3. The Balaban J connectivity index is 2.13. The summed E-state index contributed by atoms with van der Waals surface area (Å²) in [6.07, 6.45) is 4.59. The largest absolute Gasteiger partial charge is 0.384 e. The molecule has 3 heterocycles. The molecule has 15 heavy (non-hydrogen) atoms. The molecule has 0 amide bonds. The van der Waals surface area contributed by atoms with Crippen LogP contribution >= 0.6 is 0 Å². The molecule has 0 aromatic carbocycles. The molecule has 0 saturated carbocycles. The Bertz CT molecular complexity index is 487. The van der Waals surface area contributed by atoms with E-state index in [1.54, 1.807) is 6.20 Å². The van der Waals surface area contributed by atoms with Gasteiger partial charge in [-0.15, -0.1) is 0 Å². The molecule has 2 aromatic heterocycles. The summed E-state index contributed by atoms with van der Waals surface area (Å²) in [5, 5.41) is 5.38. The number of hydrogen-bond acceptors (Lipinski definition) is 4. The number of rotatable bonds is 1. The van der Waals surface area contributed by atoms with E-state index in [0.717, 1.165) is 30.5 Å². The highest BCUT2D eigenvalue weighted by atomic mass is 16.5. The average molecular weight is 204 g/mol. The minimum atomic E-state index is 0.337. The molecule has 1 aliphatic heterocycles. The lowest BCUT2D eigenvalue weighted by Crippen LogP contribution is -2.10. The van der Waals surface area contributed by atoms with Crippen LogP contribution in [0.5, 0.6) is 0 Å². The molecule has 0 radical (unpaired) electrons. The first-order valence-corrected chi connectivity index (χ1v) is 5.01. The van der Waals surface area contributed by atoms with Crippen LogP contribution < -0.4 is 5.73 Å². The highest BCUT2D eigenvalue weighted by molar-refractivity contribution is 5.79. The van der Waals surface area contributed by atoms with Crippen molar-refractivity contribution >= 4 is 16.7 Å². The van der Waals surface area contributed by atoms with E-state index in [-0.39, 0.29) is 0 Å².